The summed E-state index contributed by atoms with van der Waals surface area (Å²) in [7, 11) is 3.39. The van der Waals surface area contributed by atoms with Crippen LogP contribution in [-0.2, 0) is 4.74 Å². The summed E-state index contributed by atoms with van der Waals surface area (Å²) in [6.07, 6.45) is 0. The molecule has 1 aromatic carbocycles. The second-order valence-electron chi connectivity index (χ2n) is 4.14. The van der Waals surface area contributed by atoms with Crippen LogP contribution < -0.4 is 10.1 Å². The van der Waals surface area contributed by atoms with E-state index in [1.54, 1.807) is 25.6 Å². The number of nitrogens with zero attached hydrogens (tertiary/aromatic N) is 1. The fraction of sp³-hybridized carbons (Fsp3) is 0.462. The van der Waals surface area contributed by atoms with Gasteiger partial charge in [-0.05, 0) is 25.5 Å². The molecular weight excluding hydrogens is 248 g/mol. The van der Waals surface area contributed by atoms with Crippen LogP contribution in [0.25, 0.3) is 10.2 Å². The number of hydrogen-bond acceptors (Lipinski definition) is 5. The molecule has 0 aliphatic carbocycles. The van der Waals surface area contributed by atoms with Crippen molar-refractivity contribution >= 4 is 26.7 Å². The molecule has 1 N–H and O–H groups in total. The zero-order chi connectivity index (χ0) is 13.1. The Morgan fingerprint density at radius 2 is 2.11 bits per heavy atom. The standard InChI is InChI=1S/C13H18N2O2S/c1-8-7-10(17-4)9(2)12-11(8)15-13(18-12)14-5-6-16-3/h7H,5-6H2,1-4H3,(H,14,15). The quantitative estimate of drug-likeness (QED) is 0.845. The van der Waals surface area contributed by atoms with Crippen LogP contribution in [-0.4, -0.2) is 32.4 Å². The van der Waals surface area contributed by atoms with Gasteiger partial charge < -0.3 is 14.8 Å². The van der Waals surface area contributed by atoms with E-state index in [-0.39, 0.29) is 0 Å². The number of aryl methyl sites for hydroxylation is 2. The predicted octanol–water partition coefficient (Wildman–Crippen LogP) is 2.98. The summed E-state index contributed by atoms with van der Waals surface area (Å²) in [6.45, 7) is 5.57. The van der Waals surface area contributed by atoms with Gasteiger partial charge in [0.15, 0.2) is 5.13 Å². The number of anilines is 1. The lowest BCUT2D eigenvalue weighted by molar-refractivity contribution is 0.211. The summed E-state index contributed by atoms with van der Waals surface area (Å²) in [6, 6.07) is 2.04. The molecule has 0 saturated carbocycles. The summed E-state index contributed by atoms with van der Waals surface area (Å²) in [4.78, 5) is 4.62. The van der Waals surface area contributed by atoms with Crippen molar-refractivity contribution in [1.82, 2.24) is 4.98 Å². The maximum Gasteiger partial charge on any atom is 0.183 e. The van der Waals surface area contributed by atoms with Crippen molar-refractivity contribution in [3.63, 3.8) is 0 Å². The molecule has 0 aliphatic heterocycles. The Hall–Kier alpha value is -1.33. The van der Waals surface area contributed by atoms with Crippen molar-refractivity contribution in [3.05, 3.63) is 17.2 Å². The van der Waals surface area contributed by atoms with Crippen molar-refractivity contribution in [2.24, 2.45) is 0 Å². The number of benzene rings is 1. The third-order valence-corrected chi connectivity index (χ3v) is 3.99. The topological polar surface area (TPSA) is 43.4 Å². The molecule has 4 nitrogen and oxygen atoms in total. The molecule has 0 spiro atoms. The molecule has 98 valence electrons. The largest absolute Gasteiger partial charge is 0.496 e. The fourth-order valence-corrected chi connectivity index (χ4v) is 2.94. The average Bonchev–Trinajstić information content (AvgIpc) is 2.79. The second kappa shape index (κ2) is 5.54. The number of rotatable bonds is 5. The minimum Gasteiger partial charge on any atom is -0.496 e. The van der Waals surface area contributed by atoms with Gasteiger partial charge in [0.1, 0.15) is 5.75 Å². The molecule has 0 aliphatic rings. The summed E-state index contributed by atoms with van der Waals surface area (Å²) in [5.41, 5.74) is 3.34. The van der Waals surface area contributed by atoms with Gasteiger partial charge in [-0.1, -0.05) is 11.3 Å². The van der Waals surface area contributed by atoms with Crippen LogP contribution in [0, 0.1) is 13.8 Å². The van der Waals surface area contributed by atoms with Crippen molar-refractivity contribution in [2.45, 2.75) is 13.8 Å². The number of hydrogen-bond donors (Lipinski definition) is 1. The van der Waals surface area contributed by atoms with E-state index in [0.29, 0.717) is 6.61 Å². The van der Waals surface area contributed by atoms with E-state index in [1.165, 1.54) is 4.70 Å². The molecule has 0 fully saturated rings. The van der Waals surface area contributed by atoms with Gasteiger partial charge >= 0.3 is 0 Å². The molecular formula is C13H18N2O2S. The summed E-state index contributed by atoms with van der Waals surface area (Å²) >= 11 is 1.66. The van der Waals surface area contributed by atoms with Crippen LogP contribution in [0.4, 0.5) is 5.13 Å². The van der Waals surface area contributed by atoms with E-state index >= 15 is 0 Å². The summed E-state index contributed by atoms with van der Waals surface area (Å²) in [5, 5.41) is 4.20. The first-order chi connectivity index (χ1) is 8.67. The first-order valence-corrected chi connectivity index (χ1v) is 6.66. The number of methoxy groups -OCH3 is 2. The van der Waals surface area contributed by atoms with E-state index in [2.05, 4.69) is 24.1 Å². The van der Waals surface area contributed by atoms with Crippen LogP contribution in [0.3, 0.4) is 0 Å². The van der Waals surface area contributed by atoms with Gasteiger partial charge in [-0.3, -0.25) is 0 Å². The molecule has 1 aromatic heterocycles. The molecule has 0 bridgehead atoms. The lowest BCUT2D eigenvalue weighted by atomic mass is 10.1. The molecule has 2 rings (SSSR count). The molecule has 2 aromatic rings. The van der Waals surface area contributed by atoms with Crippen molar-refractivity contribution in [1.29, 1.82) is 0 Å². The Morgan fingerprint density at radius 1 is 1.33 bits per heavy atom. The molecule has 5 heteroatoms. The Labute approximate surface area is 111 Å². The highest BCUT2D eigenvalue weighted by atomic mass is 32.1. The first kappa shape index (κ1) is 13.1. The smallest absolute Gasteiger partial charge is 0.183 e. The predicted molar refractivity (Wildman–Crippen MR) is 76.0 cm³/mol. The normalized spacial score (nSPS) is 10.9. The maximum atomic E-state index is 5.38. The summed E-state index contributed by atoms with van der Waals surface area (Å²) in [5.74, 6) is 0.923. The Balaban J connectivity index is 2.37. The SMILES string of the molecule is COCCNc1nc2c(C)cc(OC)c(C)c2s1. The molecule has 0 amide bonds. The van der Waals surface area contributed by atoms with Gasteiger partial charge in [0.25, 0.3) is 0 Å². The Morgan fingerprint density at radius 3 is 2.78 bits per heavy atom. The van der Waals surface area contributed by atoms with E-state index in [1.807, 2.05) is 6.07 Å². The average molecular weight is 266 g/mol. The van der Waals surface area contributed by atoms with E-state index in [9.17, 15) is 0 Å². The van der Waals surface area contributed by atoms with E-state index in [0.717, 1.165) is 34.1 Å². The Kier molecular flexibility index (Phi) is 4.04. The van der Waals surface area contributed by atoms with Gasteiger partial charge in [-0.2, -0.15) is 0 Å². The minimum atomic E-state index is 0.678. The molecule has 0 atom stereocenters. The first-order valence-electron chi connectivity index (χ1n) is 5.85. The van der Waals surface area contributed by atoms with Crippen molar-refractivity contribution in [2.75, 3.05) is 32.7 Å². The van der Waals surface area contributed by atoms with Gasteiger partial charge in [-0.25, -0.2) is 4.98 Å². The van der Waals surface area contributed by atoms with Crippen molar-refractivity contribution in [3.8, 4) is 5.75 Å². The fourth-order valence-electron chi connectivity index (χ4n) is 1.87. The molecule has 1 heterocycles. The van der Waals surface area contributed by atoms with Crippen molar-refractivity contribution < 1.29 is 9.47 Å². The van der Waals surface area contributed by atoms with E-state index in [4.69, 9.17) is 9.47 Å². The molecule has 18 heavy (non-hydrogen) atoms. The van der Waals surface area contributed by atoms with Crippen LogP contribution in [0.5, 0.6) is 5.75 Å². The van der Waals surface area contributed by atoms with Gasteiger partial charge in [0.2, 0.25) is 0 Å². The van der Waals surface area contributed by atoms with Gasteiger partial charge in [0, 0.05) is 19.2 Å². The molecule has 0 radical (unpaired) electrons. The second-order valence-corrected chi connectivity index (χ2v) is 5.14. The van der Waals surface area contributed by atoms with Crippen LogP contribution in [0.1, 0.15) is 11.1 Å². The number of ether oxygens (including phenoxy) is 2. The zero-order valence-electron chi connectivity index (χ0n) is 11.2. The highest BCUT2D eigenvalue weighted by molar-refractivity contribution is 7.22. The van der Waals surface area contributed by atoms with Crippen LogP contribution >= 0.6 is 11.3 Å². The van der Waals surface area contributed by atoms with E-state index < -0.39 is 0 Å². The molecule has 0 unspecified atom stereocenters. The third kappa shape index (κ3) is 2.42. The minimum absolute atomic E-state index is 0.678. The molecule has 0 saturated heterocycles. The number of fused-ring (bicyclic) bond motifs is 1. The van der Waals surface area contributed by atoms with Crippen LogP contribution in [0.2, 0.25) is 0 Å². The third-order valence-electron chi connectivity index (χ3n) is 2.86. The highest BCUT2D eigenvalue weighted by Crippen LogP contribution is 2.35. The number of nitrogens with one attached hydrogen (secondary N) is 1. The van der Waals surface area contributed by atoms with Crippen LogP contribution in [0.15, 0.2) is 6.07 Å². The zero-order valence-corrected chi connectivity index (χ0v) is 12.0. The number of thiazole rings is 1. The monoisotopic (exact) mass is 266 g/mol. The van der Waals surface area contributed by atoms with Gasteiger partial charge in [-0.15, -0.1) is 0 Å². The maximum absolute atomic E-state index is 5.38. The summed E-state index contributed by atoms with van der Waals surface area (Å²) < 4.78 is 11.6. The lowest BCUT2D eigenvalue weighted by Gasteiger charge is -2.06. The Bertz CT molecular complexity index is 551. The van der Waals surface area contributed by atoms with Gasteiger partial charge in [0.05, 0.1) is 23.9 Å². The highest BCUT2D eigenvalue weighted by Gasteiger charge is 2.12. The lowest BCUT2D eigenvalue weighted by Crippen LogP contribution is -2.06. The number of aromatic nitrogens is 1.